The van der Waals surface area contributed by atoms with Gasteiger partial charge in [-0.3, -0.25) is 4.79 Å². The lowest BCUT2D eigenvalue weighted by molar-refractivity contribution is -0.122. The van der Waals surface area contributed by atoms with Crippen LogP contribution >= 0.6 is 11.8 Å². The van der Waals surface area contributed by atoms with Crippen LogP contribution in [0.2, 0.25) is 0 Å². The lowest BCUT2D eigenvalue weighted by atomic mass is 9.81. The van der Waals surface area contributed by atoms with Crippen molar-refractivity contribution < 1.29 is 9.53 Å². The number of nitrogens with one attached hydrogen (secondary N) is 1. The summed E-state index contributed by atoms with van der Waals surface area (Å²) in [5, 5.41) is 3.54. The van der Waals surface area contributed by atoms with Crippen molar-refractivity contribution in [2.24, 2.45) is 11.8 Å². The summed E-state index contributed by atoms with van der Waals surface area (Å²) in [7, 11) is 1.69. The summed E-state index contributed by atoms with van der Waals surface area (Å²) in [5.41, 5.74) is 3.17. The molecule has 2 aromatic carbocycles. The van der Waals surface area contributed by atoms with Crippen LogP contribution in [-0.4, -0.2) is 12.9 Å². The molecule has 0 amide bonds. The van der Waals surface area contributed by atoms with Crippen LogP contribution in [0.5, 0.6) is 5.75 Å². The average Bonchev–Trinajstić information content (AvgIpc) is 2.78. The number of carbonyl (C=O) groups is 1. The molecule has 0 fully saturated rings. The molecule has 4 heteroatoms. The van der Waals surface area contributed by atoms with E-state index >= 15 is 0 Å². The number of rotatable bonds is 2. The second kappa shape index (κ2) is 6.60. The number of methoxy groups -OCH3 is 1. The van der Waals surface area contributed by atoms with Gasteiger partial charge in [-0.2, -0.15) is 0 Å². The highest BCUT2D eigenvalue weighted by molar-refractivity contribution is 7.99. The van der Waals surface area contributed by atoms with Crippen LogP contribution in [0.3, 0.4) is 0 Å². The van der Waals surface area contributed by atoms with Crippen molar-refractivity contribution >= 4 is 23.2 Å². The highest BCUT2D eigenvalue weighted by atomic mass is 32.2. The molecule has 0 radical (unpaired) electrons. The van der Waals surface area contributed by atoms with Crippen molar-refractivity contribution in [2.45, 2.75) is 23.5 Å². The Bertz CT molecular complexity index is 845. The molecular formula is C21H21NO2S. The summed E-state index contributed by atoms with van der Waals surface area (Å²) >= 11 is 1.75. The van der Waals surface area contributed by atoms with Crippen molar-refractivity contribution in [3.05, 3.63) is 65.9 Å². The first-order valence-electron chi connectivity index (χ1n) is 8.57. The van der Waals surface area contributed by atoms with E-state index in [2.05, 4.69) is 36.5 Å². The van der Waals surface area contributed by atoms with Gasteiger partial charge < -0.3 is 10.1 Å². The normalized spacial score (nSPS) is 25.1. The molecular weight excluding hydrogens is 330 g/mol. The van der Waals surface area contributed by atoms with E-state index in [9.17, 15) is 4.79 Å². The Morgan fingerprint density at radius 1 is 1.12 bits per heavy atom. The number of hydrogen-bond acceptors (Lipinski definition) is 4. The largest absolute Gasteiger partial charge is 0.496 e. The van der Waals surface area contributed by atoms with Crippen LogP contribution < -0.4 is 10.1 Å². The second-order valence-corrected chi connectivity index (χ2v) is 7.83. The first-order chi connectivity index (χ1) is 12.2. The fourth-order valence-corrected chi connectivity index (χ4v) is 5.15. The van der Waals surface area contributed by atoms with E-state index in [1.54, 1.807) is 18.9 Å². The predicted molar refractivity (Wildman–Crippen MR) is 102 cm³/mol. The summed E-state index contributed by atoms with van der Waals surface area (Å²) in [6.45, 7) is 2.10. The summed E-state index contributed by atoms with van der Waals surface area (Å²) < 4.78 is 5.60. The molecule has 1 heterocycles. The van der Waals surface area contributed by atoms with Crippen LogP contribution in [0.25, 0.3) is 0 Å². The molecule has 1 N–H and O–H groups in total. The quantitative estimate of drug-likeness (QED) is 0.820. The van der Waals surface area contributed by atoms with Gasteiger partial charge in [0, 0.05) is 22.6 Å². The minimum absolute atomic E-state index is 0.00134. The van der Waals surface area contributed by atoms with E-state index in [0.717, 1.165) is 27.6 Å². The second-order valence-electron chi connectivity index (χ2n) is 6.65. The van der Waals surface area contributed by atoms with E-state index in [1.807, 2.05) is 30.3 Å². The monoisotopic (exact) mass is 351 g/mol. The summed E-state index contributed by atoms with van der Waals surface area (Å²) in [6.07, 6.45) is 2.82. The lowest BCUT2D eigenvalue weighted by Crippen LogP contribution is -2.30. The molecule has 25 heavy (non-hydrogen) atoms. The zero-order chi connectivity index (χ0) is 17.4. The number of benzene rings is 2. The Labute approximate surface area is 152 Å². The molecule has 2 aliphatic rings. The Morgan fingerprint density at radius 2 is 1.88 bits per heavy atom. The number of carbonyl (C=O) groups excluding carboxylic acids is 1. The SMILES string of the molecule is COc1ccccc1[C@H]1Sc2ccccc2NC2=C[C@@H](C)CC(=O)[C@@H]21. The zero-order valence-electron chi connectivity index (χ0n) is 14.4. The van der Waals surface area contributed by atoms with E-state index < -0.39 is 0 Å². The Balaban J connectivity index is 1.89. The van der Waals surface area contributed by atoms with Crippen molar-refractivity contribution in [1.82, 2.24) is 0 Å². The molecule has 3 nitrogen and oxygen atoms in total. The molecule has 1 aliphatic carbocycles. The molecule has 0 aromatic heterocycles. The predicted octanol–water partition coefficient (Wildman–Crippen LogP) is 5.06. The van der Waals surface area contributed by atoms with Gasteiger partial charge in [-0.05, 0) is 24.1 Å². The maximum atomic E-state index is 13.0. The van der Waals surface area contributed by atoms with Gasteiger partial charge in [0.15, 0.2) is 0 Å². The van der Waals surface area contributed by atoms with E-state index in [0.29, 0.717) is 12.2 Å². The third-order valence-corrected chi connectivity index (χ3v) is 6.23. The van der Waals surface area contributed by atoms with Crippen molar-refractivity contribution in [3.8, 4) is 5.75 Å². The number of ether oxygens (including phenoxy) is 1. The topological polar surface area (TPSA) is 38.3 Å². The lowest BCUT2D eigenvalue weighted by Gasteiger charge is -2.31. The summed E-state index contributed by atoms with van der Waals surface area (Å²) in [5.74, 6) is 1.23. The van der Waals surface area contributed by atoms with Crippen LogP contribution in [0.4, 0.5) is 5.69 Å². The third-order valence-electron chi connectivity index (χ3n) is 4.84. The van der Waals surface area contributed by atoms with E-state index in [1.165, 1.54) is 0 Å². The van der Waals surface area contributed by atoms with Crippen molar-refractivity contribution in [1.29, 1.82) is 0 Å². The smallest absolute Gasteiger partial charge is 0.143 e. The number of Topliss-reactive ketones (excluding diaryl/α,β-unsaturated/α-hetero) is 1. The molecule has 128 valence electrons. The van der Waals surface area contributed by atoms with Crippen LogP contribution in [-0.2, 0) is 4.79 Å². The number of anilines is 1. The van der Waals surface area contributed by atoms with Crippen LogP contribution in [0.15, 0.2) is 65.2 Å². The van der Waals surface area contributed by atoms with Crippen molar-refractivity contribution in [3.63, 3.8) is 0 Å². The maximum Gasteiger partial charge on any atom is 0.143 e. The van der Waals surface area contributed by atoms with Gasteiger partial charge in [0.2, 0.25) is 0 Å². The maximum absolute atomic E-state index is 13.0. The minimum Gasteiger partial charge on any atom is -0.496 e. The Morgan fingerprint density at radius 3 is 2.72 bits per heavy atom. The number of allylic oxidation sites excluding steroid dienone is 2. The van der Waals surface area contributed by atoms with Gasteiger partial charge in [0.1, 0.15) is 11.5 Å². The van der Waals surface area contributed by atoms with Crippen LogP contribution in [0, 0.1) is 11.8 Å². The van der Waals surface area contributed by atoms with Gasteiger partial charge in [-0.25, -0.2) is 0 Å². The fourth-order valence-electron chi connectivity index (χ4n) is 3.72. The van der Waals surface area contributed by atoms with E-state index in [-0.39, 0.29) is 17.1 Å². The summed E-state index contributed by atoms with van der Waals surface area (Å²) in [4.78, 5) is 14.2. The van der Waals surface area contributed by atoms with Gasteiger partial charge in [0.25, 0.3) is 0 Å². The number of hydrogen-bond donors (Lipinski definition) is 1. The summed E-state index contributed by atoms with van der Waals surface area (Å²) in [6, 6.07) is 16.3. The molecule has 2 aromatic rings. The fraction of sp³-hybridized carbons (Fsp3) is 0.286. The number of thioether (sulfide) groups is 1. The first-order valence-corrected chi connectivity index (χ1v) is 9.45. The van der Waals surface area contributed by atoms with Crippen LogP contribution in [0.1, 0.15) is 24.2 Å². The Kier molecular flexibility index (Phi) is 4.30. The molecule has 0 unspecified atom stereocenters. The number of para-hydroxylation sites is 2. The third kappa shape index (κ3) is 2.95. The Hall–Kier alpha value is -2.20. The average molecular weight is 351 g/mol. The van der Waals surface area contributed by atoms with Crippen molar-refractivity contribution in [2.75, 3.05) is 12.4 Å². The van der Waals surface area contributed by atoms with Gasteiger partial charge in [-0.1, -0.05) is 43.3 Å². The number of fused-ring (bicyclic) bond motifs is 2. The minimum atomic E-state index is -0.176. The zero-order valence-corrected chi connectivity index (χ0v) is 15.2. The molecule has 0 bridgehead atoms. The first kappa shape index (κ1) is 16.3. The molecule has 4 rings (SSSR count). The molecule has 0 saturated heterocycles. The molecule has 0 spiro atoms. The standard InChI is InChI=1S/C21H21NO2S/c1-13-11-16-20(17(23)12-13)21(14-7-3-5-9-18(14)24-2)25-19-10-6-4-8-15(19)22-16/h3-11,13,20-22H,12H2,1-2H3/t13-,20-,21-/m1/s1. The van der Waals surface area contributed by atoms with Gasteiger partial charge in [-0.15, -0.1) is 11.8 Å². The highest BCUT2D eigenvalue weighted by Crippen LogP contribution is 2.52. The molecule has 3 atom stereocenters. The number of ketones is 1. The molecule has 1 aliphatic heterocycles. The van der Waals surface area contributed by atoms with E-state index in [4.69, 9.17) is 4.74 Å². The highest BCUT2D eigenvalue weighted by Gasteiger charge is 2.40. The van der Waals surface area contributed by atoms with Gasteiger partial charge in [0.05, 0.1) is 24.0 Å². The van der Waals surface area contributed by atoms with Gasteiger partial charge >= 0.3 is 0 Å². The molecule has 0 saturated carbocycles.